The lowest BCUT2D eigenvalue weighted by Crippen LogP contribution is -1.93. The lowest BCUT2D eigenvalue weighted by atomic mass is 10.2. The quantitative estimate of drug-likeness (QED) is 0.580. The number of benzene rings is 1. The molecule has 0 fully saturated rings. The predicted octanol–water partition coefficient (Wildman–Crippen LogP) is 3.70. The predicted molar refractivity (Wildman–Crippen MR) is 68.1 cm³/mol. The van der Waals surface area contributed by atoms with Gasteiger partial charge in [-0.3, -0.25) is 4.79 Å². The van der Waals surface area contributed by atoms with Gasteiger partial charge in [0.15, 0.2) is 5.76 Å². The van der Waals surface area contributed by atoms with Crippen LogP contribution in [-0.4, -0.2) is 5.78 Å². The first-order valence-corrected chi connectivity index (χ1v) is 6.00. The average Bonchev–Trinajstić information content (AvgIpc) is 2.73. The van der Waals surface area contributed by atoms with Gasteiger partial charge < -0.3 is 4.74 Å². The van der Waals surface area contributed by atoms with E-state index in [0.717, 1.165) is 24.8 Å². The van der Waals surface area contributed by atoms with Gasteiger partial charge in [-0.25, -0.2) is 0 Å². The van der Waals surface area contributed by atoms with Crippen LogP contribution >= 0.6 is 0 Å². The molecule has 1 aromatic rings. The van der Waals surface area contributed by atoms with Gasteiger partial charge in [0.2, 0.25) is 5.78 Å². The van der Waals surface area contributed by atoms with E-state index in [1.807, 2.05) is 36.4 Å². The molecular weight excluding hydrogens is 212 g/mol. The average molecular weight is 228 g/mol. The van der Waals surface area contributed by atoms with Crippen LogP contribution in [0.3, 0.4) is 0 Å². The Morgan fingerprint density at radius 3 is 2.71 bits per heavy atom. The van der Waals surface area contributed by atoms with Gasteiger partial charge in [-0.2, -0.15) is 0 Å². The van der Waals surface area contributed by atoms with Crippen molar-refractivity contribution in [1.82, 2.24) is 0 Å². The smallest absolute Gasteiger partial charge is 0.224 e. The number of carbonyl (C=O) groups is 1. The fourth-order valence-corrected chi connectivity index (χ4v) is 1.71. The Kier molecular flexibility index (Phi) is 3.76. The molecule has 0 bridgehead atoms. The molecule has 0 aromatic heterocycles. The first kappa shape index (κ1) is 11.6. The largest absolute Gasteiger partial charge is 0.453 e. The van der Waals surface area contributed by atoms with Gasteiger partial charge in [0.05, 0.1) is 0 Å². The van der Waals surface area contributed by atoms with E-state index in [2.05, 4.69) is 6.92 Å². The molecule has 0 saturated carbocycles. The van der Waals surface area contributed by atoms with Crippen molar-refractivity contribution < 1.29 is 9.53 Å². The third kappa shape index (κ3) is 2.84. The zero-order valence-electron chi connectivity index (χ0n) is 9.98. The number of ether oxygens (including phenoxy) is 1. The van der Waals surface area contributed by atoms with Crippen LogP contribution in [0.25, 0.3) is 5.76 Å². The molecule has 1 aromatic carbocycles. The Balaban J connectivity index is 2.08. The molecule has 17 heavy (non-hydrogen) atoms. The van der Waals surface area contributed by atoms with Crippen molar-refractivity contribution in [1.29, 1.82) is 0 Å². The Morgan fingerprint density at radius 1 is 1.24 bits per heavy atom. The van der Waals surface area contributed by atoms with Gasteiger partial charge in [0, 0.05) is 11.6 Å². The van der Waals surface area contributed by atoms with Crippen molar-refractivity contribution in [2.75, 3.05) is 0 Å². The summed E-state index contributed by atoms with van der Waals surface area (Å²) >= 11 is 0. The fourth-order valence-electron chi connectivity index (χ4n) is 1.71. The van der Waals surface area contributed by atoms with Crippen LogP contribution in [0.15, 0.2) is 48.2 Å². The van der Waals surface area contributed by atoms with Crippen LogP contribution in [0, 0.1) is 0 Å². The second kappa shape index (κ2) is 5.48. The Hall–Kier alpha value is -1.83. The zero-order chi connectivity index (χ0) is 12.1. The Bertz CT molecular complexity index is 455. The van der Waals surface area contributed by atoms with Gasteiger partial charge in [0.1, 0.15) is 5.76 Å². The number of rotatable bonds is 4. The maximum absolute atomic E-state index is 11.7. The van der Waals surface area contributed by atoms with E-state index in [1.54, 1.807) is 6.08 Å². The van der Waals surface area contributed by atoms with Gasteiger partial charge in [-0.15, -0.1) is 0 Å². The minimum atomic E-state index is -0.0278. The summed E-state index contributed by atoms with van der Waals surface area (Å²) in [6.45, 7) is 2.13. The third-order valence-electron chi connectivity index (χ3n) is 2.67. The second-order valence-corrected chi connectivity index (χ2v) is 4.05. The molecule has 0 amide bonds. The summed E-state index contributed by atoms with van der Waals surface area (Å²) < 4.78 is 5.58. The summed E-state index contributed by atoms with van der Waals surface area (Å²) in [4.78, 5) is 11.7. The Labute approximate surface area is 102 Å². The highest BCUT2D eigenvalue weighted by molar-refractivity contribution is 6.10. The minimum absolute atomic E-state index is 0.0278. The monoisotopic (exact) mass is 228 g/mol. The van der Waals surface area contributed by atoms with Crippen molar-refractivity contribution >= 4 is 11.5 Å². The van der Waals surface area contributed by atoms with Crippen LogP contribution in [0.2, 0.25) is 0 Å². The topological polar surface area (TPSA) is 26.3 Å². The number of ketones is 1. The van der Waals surface area contributed by atoms with E-state index < -0.39 is 0 Å². The van der Waals surface area contributed by atoms with E-state index in [9.17, 15) is 4.79 Å². The molecule has 0 atom stereocenters. The standard InChI is InChI=1S/C15H16O2/c1-2-3-5-10-14-13(16)11-15(17-14)12-8-6-4-7-9-12/h4,6-11H,2-3,5H2,1H3/b14-10+. The zero-order valence-corrected chi connectivity index (χ0v) is 9.98. The fraction of sp³-hybridized carbons (Fsp3) is 0.267. The van der Waals surface area contributed by atoms with Gasteiger partial charge >= 0.3 is 0 Å². The molecule has 0 saturated heterocycles. The number of hydrogen-bond acceptors (Lipinski definition) is 2. The molecule has 0 radical (unpaired) electrons. The summed E-state index contributed by atoms with van der Waals surface area (Å²) in [5.74, 6) is 1.09. The molecule has 1 aliphatic rings. The molecule has 88 valence electrons. The van der Waals surface area contributed by atoms with Crippen molar-refractivity contribution in [3.63, 3.8) is 0 Å². The molecule has 2 rings (SSSR count). The molecular formula is C15H16O2. The van der Waals surface area contributed by atoms with Crippen LogP contribution < -0.4 is 0 Å². The van der Waals surface area contributed by atoms with Crippen molar-refractivity contribution in [3.05, 3.63) is 53.8 Å². The molecule has 0 unspecified atom stereocenters. The van der Waals surface area contributed by atoms with Crippen LogP contribution in [0.4, 0.5) is 0 Å². The molecule has 1 heterocycles. The third-order valence-corrected chi connectivity index (χ3v) is 2.67. The van der Waals surface area contributed by atoms with Crippen molar-refractivity contribution in [2.24, 2.45) is 0 Å². The summed E-state index contributed by atoms with van der Waals surface area (Å²) in [7, 11) is 0. The molecule has 1 aliphatic heterocycles. The maximum atomic E-state index is 11.7. The first-order valence-electron chi connectivity index (χ1n) is 6.00. The molecule has 0 aliphatic carbocycles. The number of carbonyl (C=O) groups excluding carboxylic acids is 1. The highest BCUT2D eigenvalue weighted by Crippen LogP contribution is 2.26. The summed E-state index contributed by atoms with van der Waals surface area (Å²) in [5, 5.41) is 0. The second-order valence-electron chi connectivity index (χ2n) is 4.05. The van der Waals surface area contributed by atoms with Crippen LogP contribution in [-0.2, 0) is 9.53 Å². The van der Waals surface area contributed by atoms with E-state index >= 15 is 0 Å². The molecule has 0 spiro atoms. The lowest BCUT2D eigenvalue weighted by molar-refractivity contribution is -0.112. The SMILES string of the molecule is CCCC/C=C1/OC(c2ccccc2)=CC1=O. The van der Waals surface area contributed by atoms with Gasteiger partial charge in [0.25, 0.3) is 0 Å². The Morgan fingerprint density at radius 2 is 2.00 bits per heavy atom. The minimum Gasteiger partial charge on any atom is -0.453 e. The molecule has 2 heteroatoms. The van der Waals surface area contributed by atoms with Crippen molar-refractivity contribution in [3.8, 4) is 0 Å². The lowest BCUT2D eigenvalue weighted by Gasteiger charge is -2.03. The number of unbranched alkanes of at least 4 members (excludes halogenated alkanes) is 2. The van der Waals surface area contributed by atoms with Crippen LogP contribution in [0.1, 0.15) is 31.7 Å². The van der Waals surface area contributed by atoms with E-state index in [-0.39, 0.29) is 5.78 Å². The maximum Gasteiger partial charge on any atom is 0.224 e. The van der Waals surface area contributed by atoms with Gasteiger partial charge in [-0.1, -0.05) is 43.7 Å². The summed E-state index contributed by atoms with van der Waals surface area (Å²) in [6.07, 6.45) is 6.55. The summed E-state index contributed by atoms with van der Waals surface area (Å²) in [5.41, 5.74) is 0.944. The van der Waals surface area contributed by atoms with Gasteiger partial charge in [-0.05, 0) is 18.9 Å². The number of allylic oxidation sites excluding steroid dienone is 2. The van der Waals surface area contributed by atoms with E-state index in [1.165, 1.54) is 0 Å². The van der Waals surface area contributed by atoms with Crippen LogP contribution in [0.5, 0.6) is 0 Å². The van der Waals surface area contributed by atoms with Crippen molar-refractivity contribution in [2.45, 2.75) is 26.2 Å². The van der Waals surface area contributed by atoms with E-state index in [4.69, 9.17) is 4.74 Å². The highest BCUT2D eigenvalue weighted by atomic mass is 16.5. The summed E-state index contributed by atoms with van der Waals surface area (Å²) in [6, 6.07) is 9.69. The first-order chi connectivity index (χ1) is 8.31. The molecule has 2 nitrogen and oxygen atoms in total. The highest BCUT2D eigenvalue weighted by Gasteiger charge is 2.20. The van der Waals surface area contributed by atoms with E-state index in [0.29, 0.717) is 11.5 Å². The molecule has 0 N–H and O–H groups in total. The normalized spacial score (nSPS) is 17.1. The number of hydrogen-bond donors (Lipinski definition) is 0.